The number of aryl methyl sites for hydroxylation is 1. The van der Waals surface area contributed by atoms with Gasteiger partial charge in [0.2, 0.25) is 0 Å². The quantitative estimate of drug-likeness (QED) is 0.219. The minimum Gasteiger partial charge on any atom is -0.367 e. The molecule has 2 heterocycles. The molecule has 2 aromatic heterocycles. The van der Waals surface area contributed by atoms with Gasteiger partial charge in [0.1, 0.15) is 18.0 Å². The van der Waals surface area contributed by atoms with Gasteiger partial charge >= 0.3 is 0 Å². The Morgan fingerprint density at radius 2 is 2.00 bits per heavy atom. The number of halogens is 2. The number of fused-ring (bicyclic) bond motifs is 1. The van der Waals surface area contributed by atoms with Crippen molar-refractivity contribution in [1.82, 2.24) is 30.0 Å². The fraction of sp³-hybridized carbons (Fsp3) is 0.368. The van der Waals surface area contributed by atoms with Crippen LogP contribution in [-0.2, 0) is 13.6 Å². The van der Waals surface area contributed by atoms with Crippen LogP contribution in [-0.4, -0.2) is 57.3 Å². The molecule has 0 aliphatic rings. The number of hydrogen-bond acceptors (Lipinski definition) is 5. The van der Waals surface area contributed by atoms with Crippen LogP contribution in [0.2, 0.25) is 0 Å². The van der Waals surface area contributed by atoms with E-state index in [0.717, 1.165) is 34.9 Å². The number of guanidine groups is 1. The van der Waals surface area contributed by atoms with Crippen LogP contribution in [0.4, 0.5) is 10.2 Å². The van der Waals surface area contributed by atoms with Gasteiger partial charge in [0.25, 0.3) is 0 Å². The molecule has 0 bridgehead atoms. The van der Waals surface area contributed by atoms with Gasteiger partial charge in [-0.2, -0.15) is 5.10 Å². The standard InChI is InChI=1S/C19H25FN8.HI/c1-4-21-19(27(2)12-14-5-7-15(20)8-6-14)23-10-9-22-17-16-11-26-28(3)18(16)25-13-24-17;/h5-8,11,13H,4,9-10,12H2,1-3H3,(H,21,23)(H,22,24,25);1H. The van der Waals surface area contributed by atoms with Crippen molar-refractivity contribution in [1.29, 1.82) is 0 Å². The molecule has 0 aliphatic carbocycles. The molecule has 0 aliphatic heterocycles. The summed E-state index contributed by atoms with van der Waals surface area (Å²) in [5, 5.41) is 11.7. The first-order chi connectivity index (χ1) is 13.6. The van der Waals surface area contributed by atoms with Crippen molar-refractivity contribution in [2.45, 2.75) is 13.5 Å². The van der Waals surface area contributed by atoms with E-state index >= 15 is 0 Å². The third kappa shape index (κ3) is 5.99. The second-order valence-electron chi connectivity index (χ2n) is 6.37. The molecular formula is C19H26FIN8. The SMILES string of the molecule is CCNC(=NCCNc1ncnc2c1cnn2C)N(C)Cc1ccc(F)cc1.I. The Morgan fingerprint density at radius 1 is 1.24 bits per heavy atom. The zero-order valence-corrected chi connectivity index (χ0v) is 19.1. The molecule has 0 atom stereocenters. The zero-order valence-electron chi connectivity index (χ0n) is 16.8. The summed E-state index contributed by atoms with van der Waals surface area (Å²) < 4.78 is 14.8. The van der Waals surface area contributed by atoms with Crippen LogP contribution < -0.4 is 10.6 Å². The molecule has 0 saturated heterocycles. The van der Waals surface area contributed by atoms with E-state index in [9.17, 15) is 4.39 Å². The molecule has 2 N–H and O–H groups in total. The van der Waals surface area contributed by atoms with E-state index in [1.807, 2.05) is 25.9 Å². The molecule has 0 saturated carbocycles. The lowest BCUT2D eigenvalue weighted by molar-refractivity contribution is 0.476. The van der Waals surface area contributed by atoms with Gasteiger partial charge in [0, 0.05) is 33.7 Å². The molecule has 8 nitrogen and oxygen atoms in total. The fourth-order valence-electron chi connectivity index (χ4n) is 2.85. The van der Waals surface area contributed by atoms with Gasteiger partial charge in [-0.25, -0.2) is 14.4 Å². The van der Waals surface area contributed by atoms with Crippen molar-refractivity contribution in [2.75, 3.05) is 32.0 Å². The summed E-state index contributed by atoms with van der Waals surface area (Å²) >= 11 is 0. The molecule has 156 valence electrons. The lowest BCUT2D eigenvalue weighted by Crippen LogP contribution is -2.38. The molecule has 10 heteroatoms. The third-order valence-electron chi connectivity index (χ3n) is 4.22. The number of aromatic nitrogens is 4. The summed E-state index contributed by atoms with van der Waals surface area (Å²) in [6.07, 6.45) is 3.28. The van der Waals surface area contributed by atoms with Gasteiger partial charge in [0.05, 0.1) is 18.1 Å². The molecule has 1 aromatic carbocycles. The van der Waals surface area contributed by atoms with Crippen molar-refractivity contribution in [3.63, 3.8) is 0 Å². The number of aliphatic imine (C=N–C) groups is 1. The van der Waals surface area contributed by atoms with Crippen LogP contribution >= 0.6 is 24.0 Å². The Balaban J connectivity index is 0.00000300. The maximum absolute atomic E-state index is 13.1. The van der Waals surface area contributed by atoms with E-state index in [0.29, 0.717) is 19.6 Å². The highest BCUT2D eigenvalue weighted by atomic mass is 127. The third-order valence-corrected chi connectivity index (χ3v) is 4.22. The number of anilines is 1. The molecular weight excluding hydrogens is 486 g/mol. The first-order valence-electron chi connectivity index (χ1n) is 9.19. The summed E-state index contributed by atoms with van der Waals surface area (Å²) in [6, 6.07) is 6.51. The topological polar surface area (TPSA) is 83.3 Å². The zero-order chi connectivity index (χ0) is 19.9. The normalized spacial score (nSPS) is 11.2. The van der Waals surface area contributed by atoms with E-state index in [-0.39, 0.29) is 29.8 Å². The van der Waals surface area contributed by atoms with Crippen molar-refractivity contribution in [3.8, 4) is 0 Å². The number of nitrogens with zero attached hydrogens (tertiary/aromatic N) is 6. The van der Waals surface area contributed by atoms with Crippen LogP contribution in [0.5, 0.6) is 0 Å². The molecule has 3 rings (SSSR count). The smallest absolute Gasteiger partial charge is 0.194 e. The second-order valence-corrected chi connectivity index (χ2v) is 6.37. The molecule has 0 spiro atoms. The highest BCUT2D eigenvalue weighted by Crippen LogP contribution is 2.17. The minimum absolute atomic E-state index is 0. The predicted molar refractivity (Wildman–Crippen MR) is 124 cm³/mol. The molecule has 0 fully saturated rings. The van der Waals surface area contributed by atoms with E-state index in [4.69, 9.17) is 0 Å². The first-order valence-corrected chi connectivity index (χ1v) is 9.19. The van der Waals surface area contributed by atoms with E-state index < -0.39 is 0 Å². The average molecular weight is 512 g/mol. The van der Waals surface area contributed by atoms with E-state index in [1.54, 1.807) is 23.0 Å². The van der Waals surface area contributed by atoms with Gasteiger partial charge < -0.3 is 15.5 Å². The van der Waals surface area contributed by atoms with Crippen LogP contribution in [0.15, 0.2) is 41.8 Å². The van der Waals surface area contributed by atoms with Crippen molar-refractivity contribution >= 4 is 46.8 Å². The van der Waals surface area contributed by atoms with Crippen molar-refractivity contribution in [2.24, 2.45) is 12.0 Å². The molecule has 0 amide bonds. The highest BCUT2D eigenvalue weighted by Gasteiger charge is 2.08. The lowest BCUT2D eigenvalue weighted by Gasteiger charge is -2.22. The monoisotopic (exact) mass is 512 g/mol. The first kappa shape index (κ1) is 22.8. The summed E-state index contributed by atoms with van der Waals surface area (Å²) in [6.45, 7) is 4.63. The molecule has 29 heavy (non-hydrogen) atoms. The Hall–Kier alpha value is -2.50. The number of rotatable bonds is 7. The number of benzene rings is 1. The maximum atomic E-state index is 13.1. The Kier molecular flexibility index (Phi) is 8.55. The van der Waals surface area contributed by atoms with E-state index in [2.05, 4.69) is 30.7 Å². The summed E-state index contributed by atoms with van der Waals surface area (Å²) in [5.74, 6) is 1.31. The Morgan fingerprint density at radius 3 is 2.72 bits per heavy atom. The van der Waals surface area contributed by atoms with Crippen molar-refractivity contribution < 1.29 is 4.39 Å². The van der Waals surface area contributed by atoms with Crippen LogP contribution in [0.3, 0.4) is 0 Å². The largest absolute Gasteiger partial charge is 0.367 e. The average Bonchev–Trinajstić information content (AvgIpc) is 3.08. The summed E-state index contributed by atoms with van der Waals surface area (Å²) in [5.41, 5.74) is 1.81. The predicted octanol–water partition coefficient (Wildman–Crippen LogP) is 2.63. The summed E-state index contributed by atoms with van der Waals surface area (Å²) in [4.78, 5) is 15.2. The molecule has 0 unspecified atom stereocenters. The van der Waals surface area contributed by atoms with Gasteiger partial charge in [-0.1, -0.05) is 12.1 Å². The minimum atomic E-state index is -0.231. The van der Waals surface area contributed by atoms with Crippen LogP contribution in [0.25, 0.3) is 11.0 Å². The van der Waals surface area contributed by atoms with Gasteiger partial charge in [-0.05, 0) is 24.6 Å². The Bertz CT molecular complexity index is 941. The number of hydrogen-bond donors (Lipinski definition) is 2. The summed E-state index contributed by atoms with van der Waals surface area (Å²) in [7, 11) is 3.81. The highest BCUT2D eigenvalue weighted by molar-refractivity contribution is 14.0. The number of nitrogens with one attached hydrogen (secondary N) is 2. The van der Waals surface area contributed by atoms with Crippen molar-refractivity contribution in [3.05, 3.63) is 48.2 Å². The molecule has 0 radical (unpaired) electrons. The molecule has 3 aromatic rings. The Labute approximate surface area is 186 Å². The fourth-order valence-corrected chi connectivity index (χ4v) is 2.85. The van der Waals surface area contributed by atoms with Gasteiger partial charge in [0.15, 0.2) is 11.6 Å². The second kappa shape index (κ2) is 10.9. The van der Waals surface area contributed by atoms with Crippen LogP contribution in [0, 0.1) is 5.82 Å². The lowest BCUT2D eigenvalue weighted by atomic mass is 10.2. The van der Waals surface area contributed by atoms with Crippen LogP contribution in [0.1, 0.15) is 12.5 Å². The van der Waals surface area contributed by atoms with Gasteiger partial charge in [-0.3, -0.25) is 9.67 Å². The maximum Gasteiger partial charge on any atom is 0.194 e. The van der Waals surface area contributed by atoms with Gasteiger partial charge in [-0.15, -0.1) is 24.0 Å². The van der Waals surface area contributed by atoms with E-state index in [1.165, 1.54) is 18.5 Å².